The number of ketones is 1. The van der Waals surface area contributed by atoms with Crippen molar-refractivity contribution in [2.45, 2.75) is 13.0 Å². The molecule has 0 radical (unpaired) electrons. The maximum absolute atomic E-state index is 10.7. The third-order valence-corrected chi connectivity index (χ3v) is 1.57. The Hall–Kier alpha value is -1.35. The third kappa shape index (κ3) is 1.83. The third-order valence-electron chi connectivity index (χ3n) is 1.57. The number of hydrogen-bond acceptors (Lipinski definition) is 3. The molecule has 1 aromatic carbocycles. The van der Waals surface area contributed by atoms with Crippen LogP contribution in [0.2, 0.25) is 0 Å². The van der Waals surface area contributed by atoms with E-state index >= 15 is 0 Å². The number of rotatable bonds is 2. The number of Topliss-reactive ketones (excluding diaryl/α,β-unsaturated/α-hetero) is 1. The quantitative estimate of drug-likeness (QED) is 0.689. The highest BCUT2D eigenvalue weighted by atomic mass is 16.3. The first kappa shape index (κ1) is 8.74. The molecule has 0 aromatic heterocycles. The molecule has 0 fully saturated rings. The Morgan fingerprint density at radius 2 is 2.17 bits per heavy atom. The van der Waals surface area contributed by atoms with Gasteiger partial charge in [0.05, 0.1) is 0 Å². The molecule has 0 aliphatic rings. The number of carbonyl (C=O) groups is 1. The summed E-state index contributed by atoms with van der Waals surface area (Å²) in [7, 11) is 0. The lowest BCUT2D eigenvalue weighted by Gasteiger charge is -2.06. The van der Waals surface area contributed by atoms with Gasteiger partial charge in [0.25, 0.3) is 0 Å². The minimum absolute atomic E-state index is 0.0489. The summed E-state index contributed by atoms with van der Waals surface area (Å²) in [4.78, 5) is 10.7. The van der Waals surface area contributed by atoms with Crippen molar-refractivity contribution in [2.75, 3.05) is 0 Å². The summed E-state index contributed by atoms with van der Waals surface area (Å²) in [5, 5.41) is 18.3. The molecule has 0 amide bonds. The van der Waals surface area contributed by atoms with Gasteiger partial charge in [-0.15, -0.1) is 0 Å². The van der Waals surface area contributed by atoms with Crippen molar-refractivity contribution in [1.82, 2.24) is 0 Å². The normalized spacial score (nSPS) is 12.5. The van der Waals surface area contributed by atoms with Crippen LogP contribution in [0, 0.1) is 0 Å². The molecule has 2 N–H and O–H groups in total. The summed E-state index contributed by atoms with van der Waals surface area (Å²) in [6.45, 7) is 1.30. The molecule has 3 nitrogen and oxygen atoms in total. The molecule has 0 unspecified atom stereocenters. The summed E-state index contributed by atoms with van der Waals surface area (Å²) < 4.78 is 0. The predicted molar refractivity (Wildman–Crippen MR) is 43.7 cm³/mol. The van der Waals surface area contributed by atoms with Gasteiger partial charge in [0.1, 0.15) is 11.9 Å². The highest BCUT2D eigenvalue weighted by Crippen LogP contribution is 2.18. The topological polar surface area (TPSA) is 57.5 Å². The second-order valence-electron chi connectivity index (χ2n) is 2.61. The largest absolute Gasteiger partial charge is 0.508 e. The molecule has 0 bridgehead atoms. The van der Waals surface area contributed by atoms with E-state index in [9.17, 15) is 9.90 Å². The molecule has 3 heteroatoms. The van der Waals surface area contributed by atoms with E-state index in [-0.39, 0.29) is 11.5 Å². The molecular weight excluding hydrogens is 156 g/mol. The van der Waals surface area contributed by atoms with E-state index in [4.69, 9.17) is 5.11 Å². The van der Waals surface area contributed by atoms with Gasteiger partial charge < -0.3 is 10.2 Å². The Bertz CT molecular complexity index is 294. The number of carbonyl (C=O) groups excluding carboxylic acids is 1. The number of benzene rings is 1. The van der Waals surface area contributed by atoms with Gasteiger partial charge in [-0.2, -0.15) is 0 Å². The van der Waals surface area contributed by atoms with Crippen molar-refractivity contribution in [1.29, 1.82) is 0 Å². The molecule has 0 aliphatic heterocycles. The van der Waals surface area contributed by atoms with Gasteiger partial charge in [-0.05, 0) is 24.6 Å². The predicted octanol–water partition coefficient (Wildman–Crippen LogP) is 1.01. The number of aliphatic hydroxyl groups excluding tert-OH is 1. The molecule has 1 atom stereocenters. The molecule has 1 aromatic rings. The first-order chi connectivity index (χ1) is 5.61. The number of aromatic hydroxyl groups is 1. The molecule has 0 heterocycles. The van der Waals surface area contributed by atoms with Crippen molar-refractivity contribution in [3.8, 4) is 5.75 Å². The Labute approximate surface area is 70.3 Å². The fourth-order valence-corrected chi connectivity index (χ4v) is 0.930. The van der Waals surface area contributed by atoms with Crippen LogP contribution < -0.4 is 0 Å². The van der Waals surface area contributed by atoms with Crippen LogP contribution in [0.15, 0.2) is 24.3 Å². The molecule has 0 saturated carbocycles. The first-order valence-corrected chi connectivity index (χ1v) is 3.58. The van der Waals surface area contributed by atoms with Crippen LogP contribution in [0.1, 0.15) is 18.6 Å². The van der Waals surface area contributed by atoms with Gasteiger partial charge in [0, 0.05) is 0 Å². The fourth-order valence-electron chi connectivity index (χ4n) is 0.930. The van der Waals surface area contributed by atoms with E-state index in [0.717, 1.165) is 0 Å². The maximum atomic E-state index is 10.7. The van der Waals surface area contributed by atoms with Crippen molar-refractivity contribution in [3.05, 3.63) is 29.8 Å². The molecule has 12 heavy (non-hydrogen) atoms. The van der Waals surface area contributed by atoms with Gasteiger partial charge in [0.15, 0.2) is 5.78 Å². The lowest BCUT2D eigenvalue weighted by Crippen LogP contribution is -2.06. The van der Waals surface area contributed by atoms with Crippen LogP contribution in [-0.4, -0.2) is 16.0 Å². The molecule has 64 valence electrons. The Balaban J connectivity index is 2.95. The van der Waals surface area contributed by atoms with Crippen molar-refractivity contribution in [3.63, 3.8) is 0 Å². The zero-order chi connectivity index (χ0) is 9.14. The lowest BCUT2D eigenvalue weighted by atomic mass is 10.1. The van der Waals surface area contributed by atoms with E-state index in [1.807, 2.05) is 0 Å². The second-order valence-corrected chi connectivity index (χ2v) is 2.61. The van der Waals surface area contributed by atoms with Crippen molar-refractivity contribution < 1.29 is 15.0 Å². The van der Waals surface area contributed by atoms with Crippen LogP contribution in [0.25, 0.3) is 0 Å². The zero-order valence-corrected chi connectivity index (χ0v) is 6.69. The smallest absolute Gasteiger partial charge is 0.162 e. The van der Waals surface area contributed by atoms with E-state index in [1.165, 1.54) is 19.1 Å². The Kier molecular flexibility index (Phi) is 2.45. The van der Waals surface area contributed by atoms with Crippen LogP contribution in [0.3, 0.4) is 0 Å². The SMILES string of the molecule is CC(=O)[C@@H](O)c1cccc(O)c1. The average Bonchev–Trinajstić information content (AvgIpc) is 2.03. The highest BCUT2D eigenvalue weighted by molar-refractivity contribution is 5.81. The van der Waals surface area contributed by atoms with Crippen LogP contribution in [0.4, 0.5) is 0 Å². The number of aliphatic hydroxyl groups is 1. The van der Waals surface area contributed by atoms with Crippen molar-refractivity contribution in [2.24, 2.45) is 0 Å². The lowest BCUT2D eigenvalue weighted by molar-refractivity contribution is -0.125. The number of phenolic OH excluding ortho intramolecular Hbond substituents is 1. The molecule has 1 rings (SSSR count). The summed E-state index contributed by atoms with van der Waals surface area (Å²) in [6, 6.07) is 6.02. The van der Waals surface area contributed by atoms with Gasteiger partial charge in [-0.25, -0.2) is 0 Å². The minimum Gasteiger partial charge on any atom is -0.508 e. The number of hydrogen-bond donors (Lipinski definition) is 2. The summed E-state index contributed by atoms with van der Waals surface area (Å²) in [6.07, 6.45) is -1.13. The Morgan fingerprint density at radius 1 is 1.50 bits per heavy atom. The van der Waals surface area contributed by atoms with E-state index < -0.39 is 6.10 Å². The summed E-state index contributed by atoms with van der Waals surface area (Å²) in [5.74, 6) is -0.284. The first-order valence-electron chi connectivity index (χ1n) is 3.58. The molecule has 0 spiro atoms. The van der Waals surface area contributed by atoms with Gasteiger partial charge >= 0.3 is 0 Å². The van der Waals surface area contributed by atoms with Gasteiger partial charge in [-0.1, -0.05) is 12.1 Å². The molecule has 0 aliphatic carbocycles. The number of phenols is 1. The van der Waals surface area contributed by atoms with E-state index in [1.54, 1.807) is 12.1 Å². The monoisotopic (exact) mass is 166 g/mol. The zero-order valence-electron chi connectivity index (χ0n) is 6.69. The van der Waals surface area contributed by atoms with E-state index in [2.05, 4.69) is 0 Å². The van der Waals surface area contributed by atoms with Gasteiger partial charge in [-0.3, -0.25) is 4.79 Å². The van der Waals surface area contributed by atoms with Crippen LogP contribution in [-0.2, 0) is 4.79 Å². The average molecular weight is 166 g/mol. The van der Waals surface area contributed by atoms with Crippen molar-refractivity contribution >= 4 is 5.78 Å². The molecule has 0 saturated heterocycles. The fraction of sp³-hybridized carbons (Fsp3) is 0.222. The Morgan fingerprint density at radius 3 is 2.67 bits per heavy atom. The second kappa shape index (κ2) is 3.36. The van der Waals surface area contributed by atoms with E-state index in [0.29, 0.717) is 5.56 Å². The highest BCUT2D eigenvalue weighted by Gasteiger charge is 2.11. The minimum atomic E-state index is -1.13. The van der Waals surface area contributed by atoms with Crippen LogP contribution in [0.5, 0.6) is 5.75 Å². The van der Waals surface area contributed by atoms with Gasteiger partial charge in [0.2, 0.25) is 0 Å². The maximum Gasteiger partial charge on any atom is 0.162 e. The van der Waals surface area contributed by atoms with Crippen LogP contribution >= 0.6 is 0 Å². The summed E-state index contributed by atoms with van der Waals surface area (Å²) in [5.41, 5.74) is 0.419. The molecular formula is C9H10O3. The summed E-state index contributed by atoms with van der Waals surface area (Å²) >= 11 is 0. The standard InChI is InChI=1S/C9H10O3/c1-6(10)9(12)7-3-2-4-8(11)5-7/h2-5,9,11-12H,1H3/t9-/m1/s1.